The molecule has 2 aliphatic rings. The summed E-state index contributed by atoms with van der Waals surface area (Å²) in [5.74, 6) is -3.04. The molecule has 8 nitrogen and oxygen atoms in total. The molecule has 1 aromatic carbocycles. The van der Waals surface area contributed by atoms with Crippen molar-refractivity contribution < 1.29 is 27.9 Å². The second-order valence-electron chi connectivity index (χ2n) is 8.05. The fourth-order valence-corrected chi connectivity index (χ4v) is 5.15. The molecule has 0 unspecified atom stereocenters. The van der Waals surface area contributed by atoms with E-state index >= 15 is 0 Å². The molecule has 27 heavy (non-hydrogen) atoms. The molecule has 2 fully saturated rings. The summed E-state index contributed by atoms with van der Waals surface area (Å²) in [5.41, 5.74) is -0.207. The summed E-state index contributed by atoms with van der Waals surface area (Å²) < 4.78 is 32.8. The number of aliphatic carboxylic acids is 1. The molecule has 9 heteroatoms. The Kier molecular flexibility index (Phi) is 5.04. The number of nitrogens with one attached hydrogen (secondary N) is 2. The molecular formula is C18H24N2O6S. The number of benzene rings is 1. The number of sulfonamides is 1. The van der Waals surface area contributed by atoms with E-state index in [9.17, 15) is 23.1 Å². The largest absolute Gasteiger partial charge is 0.481 e. The minimum Gasteiger partial charge on any atom is -0.481 e. The van der Waals surface area contributed by atoms with Crippen molar-refractivity contribution in [1.82, 2.24) is 4.72 Å². The molecule has 148 valence electrons. The molecule has 0 aliphatic carbocycles. The maximum absolute atomic E-state index is 12.6. The minimum absolute atomic E-state index is 0.0853. The van der Waals surface area contributed by atoms with Gasteiger partial charge in [-0.25, -0.2) is 13.1 Å². The van der Waals surface area contributed by atoms with Crippen molar-refractivity contribution in [3.63, 3.8) is 0 Å². The van der Waals surface area contributed by atoms with Crippen molar-refractivity contribution in [2.45, 2.75) is 56.3 Å². The minimum atomic E-state index is -3.67. The van der Waals surface area contributed by atoms with Crippen molar-refractivity contribution in [2.24, 2.45) is 11.8 Å². The van der Waals surface area contributed by atoms with Gasteiger partial charge >= 0.3 is 5.97 Å². The highest BCUT2D eigenvalue weighted by Crippen LogP contribution is 2.44. The molecule has 2 bridgehead atoms. The molecule has 3 rings (SSSR count). The number of hydrogen-bond donors (Lipinski definition) is 3. The average Bonchev–Trinajstić information content (AvgIpc) is 3.14. The van der Waals surface area contributed by atoms with Gasteiger partial charge in [0.2, 0.25) is 15.9 Å². The Morgan fingerprint density at radius 3 is 2.15 bits per heavy atom. The zero-order chi connectivity index (χ0) is 20.0. The van der Waals surface area contributed by atoms with Crippen molar-refractivity contribution in [3.05, 3.63) is 24.3 Å². The molecule has 1 amide bonds. The van der Waals surface area contributed by atoms with Gasteiger partial charge in [-0.05, 0) is 57.9 Å². The van der Waals surface area contributed by atoms with Crippen LogP contribution in [0.25, 0.3) is 0 Å². The molecule has 0 spiro atoms. The normalized spacial score (nSPS) is 27.5. The standard InChI is InChI=1S/C18H24N2O6S/c1-18(2,3)20-27(24,25)11-6-4-10(5-7-11)19-16(21)14-12-8-9-13(26-12)15(14)17(22)23/h4-7,12-15,20H,8-9H2,1-3H3,(H,19,21)(H,22,23)/t12-,13-,14-,15-/m0/s1. The van der Waals surface area contributed by atoms with Gasteiger partial charge in [0.05, 0.1) is 28.9 Å². The van der Waals surface area contributed by atoms with E-state index in [1.807, 2.05) is 0 Å². The molecule has 3 N–H and O–H groups in total. The molecule has 4 atom stereocenters. The van der Waals surface area contributed by atoms with Crippen LogP contribution in [0.5, 0.6) is 0 Å². The Morgan fingerprint density at radius 1 is 1.07 bits per heavy atom. The quantitative estimate of drug-likeness (QED) is 0.695. The molecule has 2 saturated heterocycles. The predicted octanol–water partition coefficient (Wildman–Crippen LogP) is 1.58. The molecule has 2 aliphatic heterocycles. The summed E-state index contributed by atoms with van der Waals surface area (Å²) in [6.45, 7) is 5.24. The number of hydrogen-bond acceptors (Lipinski definition) is 5. The third kappa shape index (κ3) is 4.15. The second-order valence-corrected chi connectivity index (χ2v) is 9.73. The first-order valence-corrected chi connectivity index (χ1v) is 10.3. The number of carboxylic acid groups (broad SMARTS) is 1. The lowest BCUT2D eigenvalue weighted by Gasteiger charge is -2.24. The van der Waals surface area contributed by atoms with Gasteiger partial charge in [0.15, 0.2) is 0 Å². The number of fused-ring (bicyclic) bond motifs is 2. The van der Waals surface area contributed by atoms with E-state index in [0.717, 1.165) is 0 Å². The smallest absolute Gasteiger partial charge is 0.310 e. The van der Waals surface area contributed by atoms with E-state index in [-0.39, 0.29) is 11.0 Å². The van der Waals surface area contributed by atoms with Gasteiger partial charge in [0, 0.05) is 11.2 Å². The van der Waals surface area contributed by atoms with Crippen LogP contribution in [0.1, 0.15) is 33.6 Å². The topological polar surface area (TPSA) is 122 Å². The summed E-state index contributed by atoms with van der Waals surface area (Å²) >= 11 is 0. The summed E-state index contributed by atoms with van der Waals surface area (Å²) in [7, 11) is -3.67. The third-order valence-electron chi connectivity index (χ3n) is 4.73. The monoisotopic (exact) mass is 396 g/mol. The molecular weight excluding hydrogens is 372 g/mol. The predicted molar refractivity (Wildman–Crippen MR) is 97.7 cm³/mol. The number of carbonyl (C=O) groups is 2. The summed E-state index contributed by atoms with van der Waals surface area (Å²) in [5, 5.41) is 12.1. The number of rotatable bonds is 5. The zero-order valence-corrected chi connectivity index (χ0v) is 16.2. The van der Waals surface area contributed by atoms with Gasteiger partial charge in [-0.1, -0.05) is 0 Å². The molecule has 0 radical (unpaired) electrons. The van der Waals surface area contributed by atoms with E-state index in [1.54, 1.807) is 20.8 Å². The first kappa shape index (κ1) is 19.8. The van der Waals surface area contributed by atoms with E-state index < -0.39 is 45.4 Å². The Hall–Kier alpha value is -1.97. The number of anilines is 1. The van der Waals surface area contributed by atoms with Crippen LogP contribution in [0, 0.1) is 11.8 Å². The number of carboxylic acids is 1. The van der Waals surface area contributed by atoms with Crippen molar-refractivity contribution >= 4 is 27.6 Å². The van der Waals surface area contributed by atoms with Gasteiger partial charge in [-0.15, -0.1) is 0 Å². The maximum atomic E-state index is 12.6. The van der Waals surface area contributed by atoms with Crippen LogP contribution in [0.3, 0.4) is 0 Å². The van der Waals surface area contributed by atoms with E-state index in [0.29, 0.717) is 18.5 Å². The van der Waals surface area contributed by atoms with E-state index in [1.165, 1.54) is 24.3 Å². The highest BCUT2D eigenvalue weighted by atomic mass is 32.2. The number of amides is 1. The zero-order valence-electron chi connectivity index (χ0n) is 15.4. The van der Waals surface area contributed by atoms with E-state index in [4.69, 9.17) is 4.74 Å². The number of carbonyl (C=O) groups excluding carboxylic acids is 1. The maximum Gasteiger partial charge on any atom is 0.310 e. The lowest BCUT2D eigenvalue weighted by Crippen LogP contribution is -2.41. The highest BCUT2D eigenvalue weighted by Gasteiger charge is 2.55. The lowest BCUT2D eigenvalue weighted by molar-refractivity contribution is -0.147. The first-order chi connectivity index (χ1) is 12.5. The Morgan fingerprint density at radius 2 is 1.63 bits per heavy atom. The number of ether oxygens (including phenoxy) is 1. The second kappa shape index (κ2) is 6.88. The van der Waals surface area contributed by atoms with Crippen molar-refractivity contribution in [3.8, 4) is 0 Å². The molecule has 1 aromatic rings. The highest BCUT2D eigenvalue weighted by molar-refractivity contribution is 7.89. The van der Waals surface area contributed by atoms with Gasteiger partial charge in [-0.2, -0.15) is 0 Å². The van der Waals surface area contributed by atoms with Crippen molar-refractivity contribution in [1.29, 1.82) is 0 Å². The van der Waals surface area contributed by atoms with Crippen LogP contribution in [0.15, 0.2) is 29.2 Å². The summed E-state index contributed by atoms with van der Waals surface area (Å²) in [6, 6.07) is 5.77. The van der Waals surface area contributed by atoms with Crippen LogP contribution in [0.2, 0.25) is 0 Å². The molecule has 0 aromatic heterocycles. The Labute approximate surface area is 158 Å². The van der Waals surface area contributed by atoms with E-state index in [2.05, 4.69) is 10.0 Å². The van der Waals surface area contributed by atoms with Crippen LogP contribution >= 0.6 is 0 Å². The Balaban J connectivity index is 1.72. The average molecular weight is 396 g/mol. The van der Waals surface area contributed by atoms with Gasteiger partial charge < -0.3 is 15.2 Å². The van der Waals surface area contributed by atoms with Gasteiger partial charge in [0.25, 0.3) is 0 Å². The molecule has 2 heterocycles. The fraction of sp³-hybridized carbons (Fsp3) is 0.556. The summed E-state index contributed by atoms with van der Waals surface area (Å²) in [6.07, 6.45) is 0.520. The van der Waals surface area contributed by atoms with Gasteiger partial charge in [-0.3, -0.25) is 9.59 Å². The van der Waals surface area contributed by atoms with Crippen LogP contribution in [-0.4, -0.2) is 43.1 Å². The Bertz CT molecular complexity index is 844. The van der Waals surface area contributed by atoms with Crippen LogP contribution < -0.4 is 10.0 Å². The lowest BCUT2D eigenvalue weighted by atomic mass is 9.78. The SMILES string of the molecule is CC(C)(C)NS(=O)(=O)c1ccc(NC(=O)[C@@H]2[C@@H](C(=O)O)[C@@H]3CC[C@@H]2O3)cc1. The van der Waals surface area contributed by atoms with Crippen LogP contribution in [0.4, 0.5) is 5.69 Å². The summed E-state index contributed by atoms with van der Waals surface area (Å²) in [4.78, 5) is 24.2. The fourth-order valence-electron chi connectivity index (χ4n) is 3.73. The first-order valence-electron chi connectivity index (χ1n) is 8.81. The third-order valence-corrected chi connectivity index (χ3v) is 6.51. The van der Waals surface area contributed by atoms with Crippen molar-refractivity contribution in [2.75, 3.05) is 5.32 Å². The van der Waals surface area contributed by atoms with Crippen LogP contribution in [-0.2, 0) is 24.3 Å². The van der Waals surface area contributed by atoms with Gasteiger partial charge in [0.1, 0.15) is 0 Å². The molecule has 0 saturated carbocycles.